The Bertz CT molecular complexity index is 3410. The van der Waals surface area contributed by atoms with E-state index in [2.05, 4.69) is 175 Å². The van der Waals surface area contributed by atoms with E-state index >= 15 is 0 Å². The molecule has 2 nitrogen and oxygen atoms in total. The summed E-state index contributed by atoms with van der Waals surface area (Å²) in [5, 5.41) is 20.1. The van der Waals surface area contributed by atoms with E-state index in [1.807, 2.05) is 12.4 Å². The molecule has 10 aromatic carbocycles. The van der Waals surface area contributed by atoms with Crippen LogP contribution in [0.15, 0.2) is 146 Å². The molecular weight excluding hydrogens is 701 g/mol. The molecule has 0 amide bonds. The van der Waals surface area contributed by atoms with Crippen LogP contribution in [0.2, 0.25) is 0 Å². The second-order valence-corrected chi connectivity index (χ2v) is 18.6. The van der Waals surface area contributed by atoms with Crippen molar-refractivity contribution in [3.05, 3.63) is 157 Å². The maximum Gasteiger partial charge on any atom is 0.0787 e. The van der Waals surface area contributed by atoms with Crippen molar-refractivity contribution in [2.45, 2.75) is 52.4 Å². The van der Waals surface area contributed by atoms with E-state index in [1.54, 1.807) is 0 Å². The van der Waals surface area contributed by atoms with Crippen molar-refractivity contribution in [1.29, 1.82) is 0 Å². The zero-order chi connectivity index (χ0) is 39.2. The minimum absolute atomic E-state index is 0.0692. The van der Waals surface area contributed by atoms with Crippen molar-refractivity contribution in [3.63, 3.8) is 0 Å². The molecule has 12 aromatic rings. The van der Waals surface area contributed by atoms with Crippen LogP contribution in [-0.4, -0.2) is 9.97 Å². The molecule has 2 aromatic heterocycles. The monoisotopic (exact) mass is 742 g/mol. The molecule has 0 saturated heterocycles. The van der Waals surface area contributed by atoms with Gasteiger partial charge in [0, 0.05) is 33.9 Å². The van der Waals surface area contributed by atoms with Crippen molar-refractivity contribution >= 4 is 97.2 Å². The molecule has 2 heteroatoms. The highest BCUT2D eigenvalue weighted by Gasteiger charge is 2.23. The number of benzene rings is 10. The van der Waals surface area contributed by atoms with Crippen LogP contribution in [0.4, 0.5) is 0 Å². The summed E-state index contributed by atoms with van der Waals surface area (Å²) in [6.07, 6.45) is 3.87. The zero-order valence-electron chi connectivity index (χ0n) is 33.8. The Hall–Kier alpha value is -6.64. The summed E-state index contributed by atoms with van der Waals surface area (Å²) >= 11 is 0. The first-order chi connectivity index (χ1) is 28.0. The lowest BCUT2D eigenvalue weighted by molar-refractivity contribution is 0.591. The van der Waals surface area contributed by atoms with Crippen LogP contribution < -0.4 is 0 Å². The third-order valence-electron chi connectivity index (χ3n) is 13.1. The molecule has 0 aliphatic carbocycles. The molecule has 0 aliphatic heterocycles. The van der Waals surface area contributed by atoms with E-state index < -0.39 is 0 Å². The van der Waals surface area contributed by atoms with Gasteiger partial charge in [0.15, 0.2) is 0 Å². The Morgan fingerprint density at radius 3 is 1.07 bits per heavy atom. The van der Waals surface area contributed by atoms with Gasteiger partial charge in [0.25, 0.3) is 0 Å². The molecule has 0 atom stereocenters. The van der Waals surface area contributed by atoms with Crippen LogP contribution in [-0.2, 0) is 10.8 Å². The average Bonchev–Trinajstić information content (AvgIpc) is 3.23. The number of fused-ring (bicyclic) bond motifs is 5. The molecule has 0 fully saturated rings. The van der Waals surface area contributed by atoms with Crippen LogP contribution in [0.25, 0.3) is 119 Å². The van der Waals surface area contributed by atoms with Gasteiger partial charge in [-0.2, -0.15) is 0 Å². The van der Waals surface area contributed by atoms with E-state index in [9.17, 15) is 0 Å². The van der Waals surface area contributed by atoms with Crippen LogP contribution in [0.3, 0.4) is 0 Å². The SMILES string of the molecule is CC(C)(C)c1cc2ccc3ccc(-c4cc5c(cc(-c6ccc7ccc8cc(C(C)(C)C)cc9ccc6c7c89)c6cccnc65)c5ncccc45)c4ccc(c1)c2c34. The number of hydrogen-bond acceptors (Lipinski definition) is 2. The molecule has 0 radical (unpaired) electrons. The fraction of sp³-hybridized carbons (Fsp3) is 0.143. The molecule has 276 valence electrons. The quantitative estimate of drug-likeness (QED) is 0.165. The van der Waals surface area contributed by atoms with E-state index in [0.717, 1.165) is 32.6 Å². The van der Waals surface area contributed by atoms with E-state index in [4.69, 9.17) is 9.97 Å². The smallest absolute Gasteiger partial charge is 0.0787 e. The molecular formula is C56H42N2. The highest BCUT2D eigenvalue weighted by molar-refractivity contribution is 6.30. The number of nitrogens with zero attached hydrogens (tertiary/aromatic N) is 2. The van der Waals surface area contributed by atoms with Gasteiger partial charge in [-0.1, -0.05) is 151 Å². The lowest BCUT2D eigenvalue weighted by Crippen LogP contribution is -2.10. The first-order valence-corrected chi connectivity index (χ1v) is 20.6. The number of pyridine rings is 2. The van der Waals surface area contributed by atoms with Crippen LogP contribution in [0.1, 0.15) is 52.7 Å². The molecule has 0 unspecified atom stereocenters. The van der Waals surface area contributed by atoms with Crippen molar-refractivity contribution in [2.75, 3.05) is 0 Å². The second-order valence-electron chi connectivity index (χ2n) is 18.6. The molecule has 0 aliphatic rings. The van der Waals surface area contributed by atoms with Gasteiger partial charge in [0.1, 0.15) is 0 Å². The fourth-order valence-electron chi connectivity index (χ4n) is 10.1. The molecule has 12 rings (SSSR count). The first-order valence-electron chi connectivity index (χ1n) is 20.6. The highest BCUT2D eigenvalue weighted by Crippen LogP contribution is 2.47. The van der Waals surface area contributed by atoms with Crippen LogP contribution in [0, 0.1) is 0 Å². The number of aromatic nitrogens is 2. The van der Waals surface area contributed by atoms with E-state index in [1.165, 1.54) is 98.0 Å². The minimum atomic E-state index is 0.0692. The van der Waals surface area contributed by atoms with Crippen LogP contribution >= 0.6 is 0 Å². The standard InChI is InChI=1S/C56H42N2/c1-55(2,3)37-25-33-13-11-31-15-19-39(41-21-17-35(27-37)49(33)51(31)41)45-29-47-48(53-43(45)9-7-23-57-53)30-46(44-10-8-24-58-54(44)47)40-20-16-32-12-14-34-26-38(56(4,5)6)28-36-18-22-42(40)52(32)50(34)36/h7-30H,1-6H3. The van der Waals surface area contributed by atoms with Crippen molar-refractivity contribution in [1.82, 2.24) is 9.97 Å². The summed E-state index contributed by atoms with van der Waals surface area (Å²) in [6, 6.07) is 50.7. The third-order valence-corrected chi connectivity index (χ3v) is 13.1. The normalized spacial score (nSPS) is 13.0. The van der Waals surface area contributed by atoms with Gasteiger partial charge in [0.2, 0.25) is 0 Å². The summed E-state index contributed by atoms with van der Waals surface area (Å²) in [5.41, 5.74) is 9.66. The maximum absolute atomic E-state index is 5.16. The Balaban J connectivity index is 1.13. The molecule has 0 N–H and O–H groups in total. The Kier molecular flexibility index (Phi) is 6.63. The molecule has 0 bridgehead atoms. The van der Waals surface area contributed by atoms with Crippen molar-refractivity contribution in [3.8, 4) is 22.3 Å². The predicted octanol–water partition coefficient (Wildman–Crippen LogP) is 15.7. The topological polar surface area (TPSA) is 25.8 Å². The minimum Gasteiger partial charge on any atom is -0.256 e. The van der Waals surface area contributed by atoms with Crippen molar-refractivity contribution in [2.24, 2.45) is 0 Å². The average molecular weight is 743 g/mol. The summed E-state index contributed by atoms with van der Waals surface area (Å²) in [5.74, 6) is 0. The lowest BCUT2D eigenvalue weighted by Gasteiger charge is -2.22. The number of rotatable bonds is 2. The summed E-state index contributed by atoms with van der Waals surface area (Å²) in [6.45, 7) is 13.8. The van der Waals surface area contributed by atoms with Crippen molar-refractivity contribution < 1.29 is 0 Å². The lowest BCUT2D eigenvalue weighted by atomic mass is 9.82. The van der Waals surface area contributed by atoms with Gasteiger partial charge in [-0.05, 0) is 133 Å². The van der Waals surface area contributed by atoms with Gasteiger partial charge in [-0.15, -0.1) is 0 Å². The summed E-state index contributed by atoms with van der Waals surface area (Å²) < 4.78 is 0. The van der Waals surface area contributed by atoms with Gasteiger partial charge in [-0.3, -0.25) is 9.97 Å². The molecule has 0 saturated carbocycles. The van der Waals surface area contributed by atoms with Gasteiger partial charge >= 0.3 is 0 Å². The summed E-state index contributed by atoms with van der Waals surface area (Å²) in [4.78, 5) is 10.3. The van der Waals surface area contributed by atoms with Gasteiger partial charge in [0.05, 0.1) is 11.0 Å². The highest BCUT2D eigenvalue weighted by atomic mass is 14.7. The third kappa shape index (κ3) is 4.66. The zero-order valence-corrected chi connectivity index (χ0v) is 33.8. The first kappa shape index (κ1) is 33.5. The number of hydrogen-bond donors (Lipinski definition) is 0. The van der Waals surface area contributed by atoms with Gasteiger partial charge < -0.3 is 0 Å². The second kappa shape index (κ2) is 11.5. The largest absolute Gasteiger partial charge is 0.256 e. The van der Waals surface area contributed by atoms with Crippen LogP contribution in [0.5, 0.6) is 0 Å². The Morgan fingerprint density at radius 2 is 0.672 bits per heavy atom. The molecule has 0 spiro atoms. The van der Waals surface area contributed by atoms with E-state index in [0.29, 0.717) is 0 Å². The molecule has 2 heterocycles. The molecule has 58 heavy (non-hydrogen) atoms. The Labute approximate surface area is 337 Å². The van der Waals surface area contributed by atoms with Gasteiger partial charge in [-0.25, -0.2) is 0 Å². The predicted molar refractivity (Wildman–Crippen MR) is 250 cm³/mol. The Morgan fingerprint density at radius 1 is 0.310 bits per heavy atom. The summed E-state index contributed by atoms with van der Waals surface area (Å²) in [7, 11) is 0. The fourth-order valence-corrected chi connectivity index (χ4v) is 10.1. The van der Waals surface area contributed by atoms with E-state index in [-0.39, 0.29) is 10.8 Å². The maximum atomic E-state index is 5.16.